The fraction of sp³-hybridized carbons (Fsp3) is 0.471. The first kappa shape index (κ1) is 13.2. The number of para-hydroxylation sites is 1. The third-order valence-electron chi connectivity index (χ3n) is 4.10. The number of aromatic nitrogens is 2. The molecule has 0 radical (unpaired) electrons. The summed E-state index contributed by atoms with van der Waals surface area (Å²) in [6.07, 6.45) is 8.90. The maximum Gasteiger partial charge on any atom is 0.0521 e. The number of anilines is 1. The highest BCUT2D eigenvalue weighted by Gasteiger charge is 2.17. The Bertz CT molecular complexity index is 571. The first-order valence-electron chi connectivity index (χ1n) is 7.60. The lowest BCUT2D eigenvalue weighted by Crippen LogP contribution is -2.25. The molecule has 1 aromatic heterocycles. The van der Waals surface area contributed by atoms with Gasteiger partial charge in [0, 0.05) is 24.0 Å². The molecule has 0 spiro atoms. The van der Waals surface area contributed by atoms with Crippen LogP contribution in [0.5, 0.6) is 0 Å². The Balaban J connectivity index is 1.57. The number of benzene rings is 1. The summed E-state index contributed by atoms with van der Waals surface area (Å²) in [5, 5.41) is 8.08. The van der Waals surface area contributed by atoms with Gasteiger partial charge in [0.2, 0.25) is 0 Å². The maximum absolute atomic E-state index is 4.41. The minimum Gasteiger partial charge on any atom is -0.382 e. The van der Waals surface area contributed by atoms with Crippen LogP contribution in [0.2, 0.25) is 0 Å². The molecule has 0 bridgehead atoms. The fourth-order valence-electron chi connectivity index (χ4n) is 2.85. The van der Waals surface area contributed by atoms with Crippen LogP contribution in [-0.4, -0.2) is 15.8 Å². The highest BCUT2D eigenvalue weighted by molar-refractivity contribution is 5.53. The third-order valence-corrected chi connectivity index (χ3v) is 4.10. The lowest BCUT2D eigenvalue weighted by Gasteiger charge is -2.26. The molecule has 1 aromatic carbocycles. The molecule has 0 saturated carbocycles. The zero-order valence-electron chi connectivity index (χ0n) is 12.3. The largest absolute Gasteiger partial charge is 0.382 e. The number of nitrogens with zero attached hydrogens (tertiary/aromatic N) is 2. The average Bonchev–Trinajstić information content (AvgIpc) is 2.94. The SMILES string of the molecule is CC(C)n1cc(CCC2CCc3ccccc3N2)cn1. The Morgan fingerprint density at radius 1 is 1.35 bits per heavy atom. The second kappa shape index (κ2) is 5.70. The molecule has 3 heteroatoms. The summed E-state index contributed by atoms with van der Waals surface area (Å²) in [5.41, 5.74) is 4.12. The molecule has 20 heavy (non-hydrogen) atoms. The summed E-state index contributed by atoms with van der Waals surface area (Å²) in [5.74, 6) is 0. The van der Waals surface area contributed by atoms with Crippen molar-refractivity contribution in [3.63, 3.8) is 0 Å². The van der Waals surface area contributed by atoms with E-state index in [1.807, 2.05) is 10.9 Å². The van der Waals surface area contributed by atoms with Crippen LogP contribution in [0.3, 0.4) is 0 Å². The molecule has 2 aromatic rings. The van der Waals surface area contributed by atoms with Crippen molar-refractivity contribution in [1.29, 1.82) is 0 Å². The molecule has 2 heterocycles. The molecule has 3 nitrogen and oxygen atoms in total. The predicted octanol–water partition coefficient (Wildman–Crippen LogP) is 3.82. The van der Waals surface area contributed by atoms with Gasteiger partial charge in [0.05, 0.1) is 6.20 Å². The van der Waals surface area contributed by atoms with Gasteiger partial charge in [0.25, 0.3) is 0 Å². The van der Waals surface area contributed by atoms with Crippen molar-refractivity contribution in [3.05, 3.63) is 47.8 Å². The van der Waals surface area contributed by atoms with E-state index in [-0.39, 0.29) is 0 Å². The minimum atomic E-state index is 0.448. The van der Waals surface area contributed by atoms with E-state index in [4.69, 9.17) is 0 Å². The summed E-state index contributed by atoms with van der Waals surface area (Å²) >= 11 is 0. The van der Waals surface area contributed by atoms with Crippen molar-refractivity contribution in [2.24, 2.45) is 0 Å². The standard InChI is InChI=1S/C17H23N3/c1-13(2)20-12-14(11-18-20)7-9-16-10-8-15-5-3-4-6-17(15)19-16/h3-6,11-13,16,19H,7-10H2,1-2H3. The molecule has 0 amide bonds. The Morgan fingerprint density at radius 2 is 2.20 bits per heavy atom. The van der Waals surface area contributed by atoms with Crippen LogP contribution in [0.4, 0.5) is 5.69 Å². The average molecular weight is 269 g/mol. The topological polar surface area (TPSA) is 29.9 Å². The number of nitrogens with one attached hydrogen (secondary N) is 1. The highest BCUT2D eigenvalue weighted by Crippen LogP contribution is 2.26. The summed E-state index contributed by atoms with van der Waals surface area (Å²) < 4.78 is 2.04. The van der Waals surface area contributed by atoms with Gasteiger partial charge < -0.3 is 5.32 Å². The smallest absolute Gasteiger partial charge is 0.0521 e. The van der Waals surface area contributed by atoms with Crippen molar-refractivity contribution in [2.75, 3.05) is 5.32 Å². The molecule has 0 fully saturated rings. The fourth-order valence-corrected chi connectivity index (χ4v) is 2.85. The molecule has 1 unspecified atom stereocenters. The summed E-state index contributed by atoms with van der Waals surface area (Å²) in [7, 11) is 0. The molecular weight excluding hydrogens is 246 g/mol. The van der Waals surface area contributed by atoms with E-state index in [2.05, 4.69) is 54.7 Å². The Hall–Kier alpha value is -1.77. The molecule has 3 rings (SSSR count). The van der Waals surface area contributed by atoms with Gasteiger partial charge in [-0.15, -0.1) is 0 Å². The second-order valence-corrected chi connectivity index (χ2v) is 6.00. The van der Waals surface area contributed by atoms with Crippen LogP contribution in [0.1, 0.15) is 43.9 Å². The predicted molar refractivity (Wildman–Crippen MR) is 83.1 cm³/mol. The summed E-state index contributed by atoms with van der Waals surface area (Å²) in [4.78, 5) is 0. The lowest BCUT2D eigenvalue weighted by atomic mass is 9.94. The van der Waals surface area contributed by atoms with Crippen molar-refractivity contribution in [2.45, 2.75) is 51.6 Å². The normalized spacial score (nSPS) is 17.9. The Labute approximate surface area is 121 Å². The first-order chi connectivity index (χ1) is 9.72. The van der Waals surface area contributed by atoms with Crippen LogP contribution in [-0.2, 0) is 12.8 Å². The molecule has 1 aliphatic heterocycles. The van der Waals surface area contributed by atoms with E-state index < -0.39 is 0 Å². The van der Waals surface area contributed by atoms with Crippen molar-refractivity contribution >= 4 is 5.69 Å². The highest BCUT2D eigenvalue weighted by atomic mass is 15.3. The molecule has 1 atom stereocenters. The van der Waals surface area contributed by atoms with Gasteiger partial charge in [-0.2, -0.15) is 5.10 Å². The zero-order valence-corrected chi connectivity index (χ0v) is 12.3. The van der Waals surface area contributed by atoms with Gasteiger partial charge in [-0.3, -0.25) is 4.68 Å². The summed E-state index contributed by atoms with van der Waals surface area (Å²) in [6.45, 7) is 4.33. The van der Waals surface area contributed by atoms with Gasteiger partial charge >= 0.3 is 0 Å². The second-order valence-electron chi connectivity index (χ2n) is 6.00. The Kier molecular flexibility index (Phi) is 3.77. The number of aryl methyl sites for hydroxylation is 2. The van der Waals surface area contributed by atoms with Gasteiger partial charge in [0.15, 0.2) is 0 Å². The monoisotopic (exact) mass is 269 g/mol. The first-order valence-corrected chi connectivity index (χ1v) is 7.60. The molecule has 1 N–H and O–H groups in total. The van der Waals surface area contributed by atoms with E-state index in [0.29, 0.717) is 12.1 Å². The molecule has 0 saturated heterocycles. The zero-order chi connectivity index (χ0) is 13.9. The summed E-state index contributed by atoms with van der Waals surface area (Å²) in [6, 6.07) is 9.70. The Morgan fingerprint density at radius 3 is 3.00 bits per heavy atom. The van der Waals surface area contributed by atoms with Crippen molar-refractivity contribution in [1.82, 2.24) is 9.78 Å². The maximum atomic E-state index is 4.41. The lowest BCUT2D eigenvalue weighted by molar-refractivity contribution is 0.531. The van der Waals surface area contributed by atoms with Gasteiger partial charge in [0.1, 0.15) is 0 Å². The van der Waals surface area contributed by atoms with Crippen LogP contribution >= 0.6 is 0 Å². The van der Waals surface area contributed by atoms with Gasteiger partial charge in [-0.25, -0.2) is 0 Å². The van der Waals surface area contributed by atoms with Crippen LogP contribution in [0.15, 0.2) is 36.7 Å². The number of hydrogen-bond donors (Lipinski definition) is 1. The van der Waals surface area contributed by atoms with E-state index in [1.54, 1.807) is 0 Å². The van der Waals surface area contributed by atoms with E-state index in [9.17, 15) is 0 Å². The molecule has 106 valence electrons. The van der Waals surface area contributed by atoms with Gasteiger partial charge in [-0.05, 0) is 56.7 Å². The van der Waals surface area contributed by atoms with Crippen LogP contribution < -0.4 is 5.32 Å². The van der Waals surface area contributed by atoms with Crippen molar-refractivity contribution < 1.29 is 0 Å². The van der Waals surface area contributed by atoms with Crippen LogP contribution in [0, 0.1) is 0 Å². The minimum absolute atomic E-state index is 0.448. The van der Waals surface area contributed by atoms with E-state index >= 15 is 0 Å². The molecular formula is C17H23N3. The van der Waals surface area contributed by atoms with E-state index in [0.717, 1.165) is 6.42 Å². The number of fused-ring (bicyclic) bond motifs is 1. The molecule has 0 aliphatic carbocycles. The number of hydrogen-bond acceptors (Lipinski definition) is 2. The number of rotatable bonds is 4. The molecule has 1 aliphatic rings. The quantitative estimate of drug-likeness (QED) is 0.914. The van der Waals surface area contributed by atoms with Crippen molar-refractivity contribution in [3.8, 4) is 0 Å². The van der Waals surface area contributed by atoms with Crippen LogP contribution in [0.25, 0.3) is 0 Å². The van der Waals surface area contributed by atoms with Gasteiger partial charge in [-0.1, -0.05) is 18.2 Å². The third kappa shape index (κ3) is 2.87. The van der Waals surface area contributed by atoms with E-state index in [1.165, 1.54) is 36.1 Å².